The molecule has 2 aliphatic heterocycles. The summed E-state index contributed by atoms with van der Waals surface area (Å²) in [5.41, 5.74) is 3.28. The smallest absolute Gasteiger partial charge is 0.338 e. The molecule has 4 atom stereocenters. The van der Waals surface area contributed by atoms with Crippen LogP contribution in [0, 0.1) is 13.8 Å². The van der Waals surface area contributed by atoms with Gasteiger partial charge in [-0.25, -0.2) is 9.59 Å². The number of benzene rings is 4. The standard InChI is InChI=1S/C30H26O6/c1-17-3-5-21-13-23(9-7-19(21)11-17)29(31)35-25-15-33-28-26(16-34-27(25)28)36-30(32)24-10-8-20-12-18(2)4-6-22(20)14-24/h3-14,25-28H,15-16H2,1-2H3. The molecule has 0 spiro atoms. The van der Waals surface area contributed by atoms with Crippen molar-refractivity contribution in [2.24, 2.45) is 0 Å². The van der Waals surface area contributed by atoms with Gasteiger partial charge in [0.15, 0.2) is 12.2 Å². The van der Waals surface area contributed by atoms with E-state index in [1.165, 1.54) is 0 Å². The third kappa shape index (κ3) is 4.23. The van der Waals surface area contributed by atoms with Gasteiger partial charge in [0, 0.05) is 0 Å². The van der Waals surface area contributed by atoms with Gasteiger partial charge in [-0.1, -0.05) is 59.7 Å². The maximum atomic E-state index is 12.9. The highest BCUT2D eigenvalue weighted by Crippen LogP contribution is 2.32. The Morgan fingerprint density at radius 1 is 0.611 bits per heavy atom. The van der Waals surface area contributed by atoms with E-state index in [9.17, 15) is 9.59 Å². The quantitative estimate of drug-likeness (QED) is 0.374. The molecule has 0 N–H and O–H groups in total. The lowest BCUT2D eigenvalue weighted by atomic mass is 10.0. The van der Waals surface area contributed by atoms with Crippen LogP contribution in [0.25, 0.3) is 21.5 Å². The van der Waals surface area contributed by atoms with Gasteiger partial charge in [0.1, 0.15) is 12.2 Å². The molecule has 2 aliphatic rings. The first-order valence-electron chi connectivity index (χ1n) is 12.1. The number of fused-ring (bicyclic) bond motifs is 3. The van der Waals surface area contributed by atoms with Gasteiger partial charge < -0.3 is 18.9 Å². The normalized spacial score (nSPS) is 23.1. The number of rotatable bonds is 4. The predicted octanol–water partition coefficient (Wildman–Crippen LogP) is 5.16. The monoisotopic (exact) mass is 482 g/mol. The van der Waals surface area contributed by atoms with Crippen molar-refractivity contribution in [3.05, 3.63) is 95.1 Å². The third-order valence-corrected chi connectivity index (χ3v) is 6.94. The van der Waals surface area contributed by atoms with Crippen LogP contribution in [-0.2, 0) is 18.9 Å². The van der Waals surface area contributed by atoms with Crippen molar-refractivity contribution in [2.75, 3.05) is 13.2 Å². The first kappa shape index (κ1) is 22.7. The Labute approximate surface area is 208 Å². The number of hydrogen-bond donors (Lipinski definition) is 0. The largest absolute Gasteiger partial charge is 0.453 e. The lowest BCUT2D eigenvalue weighted by Crippen LogP contribution is -2.36. The first-order chi connectivity index (χ1) is 17.4. The minimum absolute atomic E-state index is 0.192. The van der Waals surface area contributed by atoms with Crippen molar-refractivity contribution in [3.8, 4) is 0 Å². The van der Waals surface area contributed by atoms with Crippen LogP contribution in [0.1, 0.15) is 31.8 Å². The van der Waals surface area contributed by atoms with Crippen molar-refractivity contribution in [1.82, 2.24) is 0 Å². The molecule has 0 bridgehead atoms. The average Bonchev–Trinajstić information content (AvgIpc) is 3.46. The fourth-order valence-corrected chi connectivity index (χ4v) is 5.03. The second kappa shape index (κ2) is 9.04. The summed E-state index contributed by atoms with van der Waals surface area (Å²) in [6.45, 7) is 4.45. The lowest BCUT2D eigenvalue weighted by molar-refractivity contribution is -0.0287. The third-order valence-electron chi connectivity index (χ3n) is 6.94. The van der Waals surface area contributed by atoms with Crippen LogP contribution in [0.2, 0.25) is 0 Å². The molecule has 4 unspecified atom stereocenters. The van der Waals surface area contributed by atoms with Crippen molar-refractivity contribution in [3.63, 3.8) is 0 Å². The highest BCUT2D eigenvalue weighted by Gasteiger charge is 2.51. The van der Waals surface area contributed by atoms with Gasteiger partial charge in [-0.3, -0.25) is 0 Å². The molecule has 2 heterocycles. The second-order valence-corrected chi connectivity index (χ2v) is 9.61. The van der Waals surface area contributed by atoms with E-state index in [1.54, 1.807) is 12.1 Å². The number of carbonyl (C=O) groups is 2. The Morgan fingerprint density at radius 3 is 1.44 bits per heavy atom. The van der Waals surface area contributed by atoms with E-state index >= 15 is 0 Å². The van der Waals surface area contributed by atoms with Crippen LogP contribution in [0.4, 0.5) is 0 Å². The minimum atomic E-state index is -0.566. The minimum Gasteiger partial charge on any atom is -0.453 e. The number of ether oxygens (including phenoxy) is 4. The number of esters is 2. The van der Waals surface area contributed by atoms with Gasteiger partial charge >= 0.3 is 11.9 Å². The molecule has 4 aromatic rings. The molecule has 6 rings (SSSR count). The van der Waals surface area contributed by atoms with Gasteiger partial charge in [0.05, 0.1) is 24.3 Å². The van der Waals surface area contributed by atoms with Gasteiger partial charge in [-0.15, -0.1) is 0 Å². The lowest BCUT2D eigenvalue weighted by Gasteiger charge is -2.17. The van der Waals surface area contributed by atoms with Crippen molar-refractivity contribution in [1.29, 1.82) is 0 Å². The topological polar surface area (TPSA) is 71.1 Å². The van der Waals surface area contributed by atoms with Crippen LogP contribution in [-0.4, -0.2) is 49.6 Å². The highest BCUT2D eigenvalue weighted by molar-refractivity contribution is 5.96. The zero-order valence-corrected chi connectivity index (χ0v) is 20.1. The molecular formula is C30H26O6. The summed E-state index contributed by atoms with van der Waals surface area (Å²) in [5.74, 6) is -0.857. The van der Waals surface area contributed by atoms with E-state index in [1.807, 2.05) is 62.4 Å². The van der Waals surface area contributed by atoms with E-state index < -0.39 is 36.4 Å². The number of hydrogen-bond acceptors (Lipinski definition) is 6. The Morgan fingerprint density at radius 2 is 1.00 bits per heavy atom. The van der Waals surface area contributed by atoms with Crippen molar-refractivity contribution < 1.29 is 28.5 Å². The molecule has 6 nitrogen and oxygen atoms in total. The summed E-state index contributed by atoms with van der Waals surface area (Å²) in [6, 6.07) is 23.2. The van der Waals surface area contributed by atoms with E-state index in [2.05, 4.69) is 12.1 Å². The zero-order chi connectivity index (χ0) is 24.8. The van der Waals surface area contributed by atoms with Gasteiger partial charge in [0.25, 0.3) is 0 Å². The summed E-state index contributed by atoms with van der Waals surface area (Å²) >= 11 is 0. The summed E-state index contributed by atoms with van der Waals surface area (Å²) in [4.78, 5) is 25.7. The van der Waals surface area contributed by atoms with E-state index in [0.717, 1.165) is 32.7 Å². The molecule has 0 radical (unpaired) electrons. The van der Waals surface area contributed by atoms with Crippen molar-refractivity contribution >= 4 is 33.5 Å². The second-order valence-electron chi connectivity index (χ2n) is 9.61. The average molecular weight is 483 g/mol. The molecule has 0 saturated carbocycles. The Balaban J connectivity index is 1.11. The van der Waals surface area contributed by atoms with Crippen molar-refractivity contribution in [2.45, 2.75) is 38.3 Å². The molecule has 36 heavy (non-hydrogen) atoms. The van der Waals surface area contributed by atoms with E-state index in [-0.39, 0.29) is 13.2 Å². The molecule has 0 aliphatic carbocycles. The summed E-state index contributed by atoms with van der Waals surface area (Å²) in [6.07, 6.45) is -2.09. The van der Waals surface area contributed by atoms with Crippen LogP contribution in [0.15, 0.2) is 72.8 Å². The Hall–Kier alpha value is -3.74. The van der Waals surface area contributed by atoms with Gasteiger partial charge in [-0.2, -0.15) is 0 Å². The fourth-order valence-electron chi connectivity index (χ4n) is 5.03. The molecule has 182 valence electrons. The molecule has 0 aromatic heterocycles. The molecule has 2 fully saturated rings. The molecular weight excluding hydrogens is 456 g/mol. The van der Waals surface area contributed by atoms with E-state index in [4.69, 9.17) is 18.9 Å². The van der Waals surface area contributed by atoms with E-state index in [0.29, 0.717) is 11.1 Å². The van der Waals surface area contributed by atoms with Crippen LogP contribution in [0.5, 0.6) is 0 Å². The molecule has 4 aromatic carbocycles. The Kier molecular flexibility index (Phi) is 5.70. The van der Waals surface area contributed by atoms with Gasteiger partial charge in [-0.05, 0) is 59.7 Å². The Bertz CT molecular complexity index is 1380. The highest BCUT2D eigenvalue weighted by atomic mass is 16.7. The first-order valence-corrected chi connectivity index (χ1v) is 12.1. The molecule has 0 amide bonds. The van der Waals surface area contributed by atoms with Crippen LogP contribution < -0.4 is 0 Å². The summed E-state index contributed by atoms with van der Waals surface area (Å²) in [5, 5.41) is 4.09. The maximum Gasteiger partial charge on any atom is 0.338 e. The number of carbonyl (C=O) groups excluding carboxylic acids is 2. The SMILES string of the molecule is Cc1ccc2cc(C(=O)OC3COC4C(OC(=O)c5ccc6cc(C)ccc6c5)COC34)ccc2c1. The molecule has 2 saturated heterocycles. The maximum absolute atomic E-state index is 12.9. The summed E-state index contributed by atoms with van der Waals surface area (Å²) in [7, 11) is 0. The predicted molar refractivity (Wildman–Crippen MR) is 135 cm³/mol. The summed E-state index contributed by atoms with van der Waals surface area (Å²) < 4.78 is 23.2. The zero-order valence-electron chi connectivity index (χ0n) is 20.1. The fraction of sp³-hybridized carbons (Fsp3) is 0.267. The molecule has 6 heteroatoms. The van der Waals surface area contributed by atoms with Crippen LogP contribution in [0.3, 0.4) is 0 Å². The van der Waals surface area contributed by atoms with Gasteiger partial charge in [0.2, 0.25) is 0 Å². The number of aryl methyl sites for hydroxylation is 2. The van der Waals surface area contributed by atoms with Crippen LogP contribution >= 0.6 is 0 Å².